The number of fused-ring (bicyclic) bond motifs is 1. The molecule has 6 nitrogen and oxygen atoms in total. The zero-order chi connectivity index (χ0) is 24.4. The number of rotatable bonds is 8. The number of hydrogen-bond donors (Lipinski definition) is 2. The van der Waals surface area contributed by atoms with Crippen molar-refractivity contribution in [3.63, 3.8) is 0 Å². The Morgan fingerprint density at radius 1 is 1.17 bits per heavy atom. The molecule has 1 unspecified atom stereocenters. The van der Waals surface area contributed by atoms with Gasteiger partial charge in [-0.05, 0) is 85.9 Å². The van der Waals surface area contributed by atoms with E-state index in [-0.39, 0.29) is 11.8 Å². The molecule has 1 aromatic heterocycles. The molecule has 35 heavy (non-hydrogen) atoms. The van der Waals surface area contributed by atoms with Gasteiger partial charge in [-0.2, -0.15) is 0 Å². The third-order valence-electron chi connectivity index (χ3n) is 8.16. The first-order valence-corrected chi connectivity index (χ1v) is 12.7. The number of nitrogens with zero attached hydrogens (tertiary/aromatic N) is 2. The predicted molar refractivity (Wildman–Crippen MR) is 135 cm³/mol. The van der Waals surface area contributed by atoms with Gasteiger partial charge in [0.15, 0.2) is 0 Å². The number of hydrogen-bond acceptors (Lipinski definition) is 5. The molecule has 0 bridgehead atoms. The summed E-state index contributed by atoms with van der Waals surface area (Å²) in [6.07, 6.45) is 5.35. The maximum Gasteiger partial charge on any atom is 0.308 e. The van der Waals surface area contributed by atoms with Crippen LogP contribution in [0.3, 0.4) is 0 Å². The van der Waals surface area contributed by atoms with Crippen molar-refractivity contribution in [3.05, 3.63) is 71.9 Å². The van der Waals surface area contributed by atoms with Crippen LogP contribution < -0.4 is 4.74 Å². The van der Waals surface area contributed by atoms with Gasteiger partial charge in [0, 0.05) is 24.2 Å². The highest BCUT2D eigenvalue weighted by Crippen LogP contribution is 2.42. The number of aromatic nitrogens is 1. The predicted octanol–water partition coefficient (Wildman–Crippen LogP) is 5.03. The quantitative estimate of drug-likeness (QED) is 0.477. The van der Waals surface area contributed by atoms with E-state index in [2.05, 4.69) is 34.1 Å². The number of ether oxygens (including phenoxy) is 1. The first-order chi connectivity index (χ1) is 17.0. The van der Waals surface area contributed by atoms with Gasteiger partial charge in [-0.25, -0.2) is 0 Å². The number of piperidine rings is 1. The molecule has 2 heterocycles. The molecular weight excluding hydrogens is 440 g/mol. The standard InChI is InChI=1S/C29H34N2O4/c1-35-23-8-9-27-25(17-23)24(11-13-30-27)28(32)10-7-20-12-14-31(18-26(20)29(33)34)22-15-21(16-22)19-5-3-2-4-6-19/h2-6,8-9,11,13,17,20-22,26,28,32H,7,10,12,14-16,18H2,1H3,(H,33,34)/t20-,21?,22?,26+,28?/m1/s1. The number of benzene rings is 2. The molecule has 1 saturated carbocycles. The van der Waals surface area contributed by atoms with Crippen LogP contribution in [0.4, 0.5) is 0 Å². The largest absolute Gasteiger partial charge is 0.497 e. The SMILES string of the molecule is COc1ccc2nccc(C(O)CC[C@@H]3CCN(C4CC(c5ccccc5)C4)C[C@@H]3C(=O)O)c2c1. The highest BCUT2D eigenvalue weighted by molar-refractivity contribution is 5.83. The monoisotopic (exact) mass is 474 g/mol. The van der Waals surface area contributed by atoms with Gasteiger partial charge in [0.1, 0.15) is 5.75 Å². The molecule has 1 aliphatic carbocycles. The highest BCUT2D eigenvalue weighted by atomic mass is 16.5. The van der Waals surface area contributed by atoms with Crippen LogP contribution >= 0.6 is 0 Å². The maximum atomic E-state index is 12.2. The lowest BCUT2D eigenvalue weighted by Crippen LogP contribution is -2.52. The number of likely N-dealkylation sites (tertiary alicyclic amines) is 1. The van der Waals surface area contributed by atoms with Crippen LogP contribution in [0.25, 0.3) is 10.9 Å². The van der Waals surface area contributed by atoms with Crippen LogP contribution in [0.1, 0.15) is 55.3 Å². The molecule has 2 N–H and O–H groups in total. The number of pyridine rings is 1. The Hall–Kier alpha value is -2.96. The summed E-state index contributed by atoms with van der Waals surface area (Å²) in [4.78, 5) is 19.0. The average Bonchev–Trinajstić information content (AvgIpc) is 2.86. The van der Waals surface area contributed by atoms with E-state index in [9.17, 15) is 15.0 Å². The molecule has 3 atom stereocenters. The molecule has 3 aromatic rings. The van der Waals surface area contributed by atoms with Gasteiger partial charge in [0.25, 0.3) is 0 Å². The second-order valence-corrected chi connectivity index (χ2v) is 10.1. The molecule has 5 rings (SSSR count). The van der Waals surface area contributed by atoms with Crippen LogP contribution in [0, 0.1) is 11.8 Å². The number of aliphatic carboxylic acids is 1. The summed E-state index contributed by atoms with van der Waals surface area (Å²) in [6, 6.07) is 18.6. The molecule has 0 spiro atoms. The molecule has 2 aromatic carbocycles. The molecule has 1 aliphatic heterocycles. The number of aliphatic hydroxyl groups is 1. The summed E-state index contributed by atoms with van der Waals surface area (Å²) in [6.45, 7) is 1.55. The molecule has 2 aliphatic rings. The number of carboxylic acid groups (broad SMARTS) is 1. The van der Waals surface area contributed by atoms with E-state index in [0.717, 1.165) is 48.0 Å². The van der Waals surface area contributed by atoms with Gasteiger partial charge in [0.05, 0.1) is 24.6 Å². The average molecular weight is 475 g/mol. The van der Waals surface area contributed by atoms with Crippen molar-refractivity contribution in [2.75, 3.05) is 20.2 Å². The lowest BCUT2D eigenvalue weighted by molar-refractivity contribution is -0.147. The lowest BCUT2D eigenvalue weighted by atomic mass is 9.73. The van der Waals surface area contributed by atoms with Gasteiger partial charge >= 0.3 is 5.97 Å². The van der Waals surface area contributed by atoms with Crippen LogP contribution in [0.2, 0.25) is 0 Å². The van der Waals surface area contributed by atoms with Crippen molar-refractivity contribution in [3.8, 4) is 5.75 Å². The highest BCUT2D eigenvalue weighted by Gasteiger charge is 2.41. The number of aliphatic hydroxyl groups excluding tert-OH is 1. The van der Waals surface area contributed by atoms with Gasteiger partial charge < -0.3 is 14.9 Å². The fourth-order valence-electron chi connectivity index (χ4n) is 5.96. The normalized spacial score (nSPS) is 25.7. The summed E-state index contributed by atoms with van der Waals surface area (Å²) in [5.74, 6) is 0.285. The smallest absolute Gasteiger partial charge is 0.308 e. The summed E-state index contributed by atoms with van der Waals surface area (Å²) in [5.41, 5.74) is 3.02. The van der Waals surface area contributed by atoms with Gasteiger partial charge in [-0.1, -0.05) is 30.3 Å². The Kier molecular flexibility index (Phi) is 7.02. The van der Waals surface area contributed by atoms with Crippen LogP contribution in [0.5, 0.6) is 5.75 Å². The van der Waals surface area contributed by atoms with E-state index in [1.165, 1.54) is 5.56 Å². The van der Waals surface area contributed by atoms with Gasteiger partial charge in [-0.15, -0.1) is 0 Å². The fourth-order valence-corrected chi connectivity index (χ4v) is 5.96. The number of carboxylic acids is 1. The van der Waals surface area contributed by atoms with Crippen molar-refractivity contribution in [2.45, 2.75) is 50.2 Å². The summed E-state index contributed by atoms with van der Waals surface area (Å²) < 4.78 is 5.35. The van der Waals surface area contributed by atoms with E-state index < -0.39 is 12.1 Å². The second-order valence-electron chi connectivity index (χ2n) is 10.1. The topological polar surface area (TPSA) is 82.9 Å². The second kappa shape index (κ2) is 10.3. The maximum absolute atomic E-state index is 12.2. The minimum atomic E-state index is -0.716. The third-order valence-corrected chi connectivity index (χ3v) is 8.16. The van der Waals surface area contributed by atoms with Gasteiger partial charge in [0.2, 0.25) is 0 Å². The first kappa shape index (κ1) is 23.8. The summed E-state index contributed by atoms with van der Waals surface area (Å²) >= 11 is 0. The molecule has 0 radical (unpaired) electrons. The molecule has 2 fully saturated rings. The van der Waals surface area contributed by atoms with E-state index in [4.69, 9.17) is 4.74 Å². The Labute approximate surface area is 206 Å². The van der Waals surface area contributed by atoms with Crippen LogP contribution in [-0.4, -0.2) is 52.3 Å². The Morgan fingerprint density at radius 3 is 2.71 bits per heavy atom. The van der Waals surface area contributed by atoms with E-state index in [1.54, 1.807) is 13.3 Å². The van der Waals surface area contributed by atoms with E-state index in [1.807, 2.05) is 30.3 Å². The Balaban J connectivity index is 1.20. The zero-order valence-electron chi connectivity index (χ0n) is 20.2. The number of methoxy groups -OCH3 is 1. The van der Waals surface area contributed by atoms with Crippen molar-refractivity contribution in [2.24, 2.45) is 11.8 Å². The lowest BCUT2D eigenvalue weighted by Gasteiger charge is -2.47. The van der Waals surface area contributed by atoms with Crippen molar-refractivity contribution in [1.82, 2.24) is 9.88 Å². The summed E-state index contributed by atoms with van der Waals surface area (Å²) in [5, 5.41) is 21.9. The Morgan fingerprint density at radius 2 is 1.97 bits per heavy atom. The molecule has 0 amide bonds. The molecule has 6 heteroatoms. The minimum Gasteiger partial charge on any atom is -0.497 e. The summed E-state index contributed by atoms with van der Waals surface area (Å²) in [7, 11) is 1.62. The molecule has 184 valence electrons. The van der Waals surface area contributed by atoms with Gasteiger partial charge in [-0.3, -0.25) is 14.7 Å². The third kappa shape index (κ3) is 5.04. The minimum absolute atomic E-state index is 0.0750. The van der Waals surface area contributed by atoms with Crippen molar-refractivity contribution < 1.29 is 19.7 Å². The Bertz CT molecular complexity index is 1160. The van der Waals surface area contributed by atoms with E-state index in [0.29, 0.717) is 31.3 Å². The van der Waals surface area contributed by atoms with Crippen molar-refractivity contribution in [1.29, 1.82) is 0 Å². The van der Waals surface area contributed by atoms with E-state index >= 15 is 0 Å². The molecule has 1 saturated heterocycles. The zero-order valence-corrected chi connectivity index (χ0v) is 20.2. The van der Waals surface area contributed by atoms with Crippen LogP contribution in [-0.2, 0) is 4.79 Å². The molecular formula is C29H34N2O4. The fraction of sp³-hybridized carbons (Fsp3) is 0.448. The van der Waals surface area contributed by atoms with Crippen molar-refractivity contribution >= 4 is 16.9 Å². The number of carbonyl (C=O) groups is 1. The van der Waals surface area contributed by atoms with Crippen LogP contribution in [0.15, 0.2) is 60.8 Å². The first-order valence-electron chi connectivity index (χ1n) is 12.7.